The van der Waals surface area contributed by atoms with E-state index in [0.29, 0.717) is 0 Å². The number of aliphatic hydroxyl groups excluding tert-OH is 1. The van der Waals surface area contributed by atoms with E-state index in [4.69, 9.17) is 10.5 Å². The quantitative estimate of drug-likeness (QED) is 0.869. The summed E-state index contributed by atoms with van der Waals surface area (Å²) in [5, 5.41) is 9.34. The van der Waals surface area contributed by atoms with Crippen molar-refractivity contribution in [2.45, 2.75) is 39.0 Å². The highest BCUT2D eigenvalue weighted by Gasteiger charge is 2.33. The first-order chi connectivity index (χ1) is 9.92. The molecule has 0 saturated carbocycles. The Hall–Kier alpha value is -0.940. The predicted octanol–water partition coefficient (Wildman–Crippen LogP) is 1.79. The fraction of sp³-hybridized carbons (Fsp3) is 0.647. The molecule has 1 aromatic rings. The van der Waals surface area contributed by atoms with Gasteiger partial charge in [0.25, 0.3) is 0 Å². The first kappa shape index (κ1) is 16.4. The van der Waals surface area contributed by atoms with E-state index < -0.39 is 0 Å². The van der Waals surface area contributed by atoms with Gasteiger partial charge in [-0.25, -0.2) is 0 Å². The van der Waals surface area contributed by atoms with Crippen molar-refractivity contribution in [1.29, 1.82) is 0 Å². The lowest BCUT2D eigenvalue weighted by Crippen LogP contribution is -2.52. The molecule has 1 aliphatic rings. The highest BCUT2D eigenvalue weighted by Crippen LogP contribution is 2.32. The molecule has 1 heterocycles. The zero-order chi connectivity index (χ0) is 15.5. The van der Waals surface area contributed by atoms with Crippen LogP contribution in [-0.4, -0.2) is 48.5 Å². The van der Waals surface area contributed by atoms with Gasteiger partial charge in [-0.2, -0.15) is 0 Å². The summed E-state index contributed by atoms with van der Waals surface area (Å²) in [6, 6.07) is 10.2. The maximum absolute atomic E-state index is 9.34. The van der Waals surface area contributed by atoms with E-state index >= 15 is 0 Å². The molecule has 3 atom stereocenters. The summed E-state index contributed by atoms with van der Waals surface area (Å²) >= 11 is 0. The van der Waals surface area contributed by atoms with Crippen LogP contribution in [0.2, 0.25) is 0 Å². The van der Waals surface area contributed by atoms with E-state index in [1.807, 2.05) is 18.2 Å². The van der Waals surface area contributed by atoms with Crippen LogP contribution in [0.15, 0.2) is 30.3 Å². The van der Waals surface area contributed by atoms with Gasteiger partial charge in [0, 0.05) is 25.7 Å². The average molecular weight is 292 g/mol. The van der Waals surface area contributed by atoms with Crippen molar-refractivity contribution in [3.8, 4) is 0 Å². The van der Waals surface area contributed by atoms with E-state index in [1.165, 1.54) is 5.56 Å². The molecular formula is C17H28N2O2. The van der Waals surface area contributed by atoms with Gasteiger partial charge in [-0.15, -0.1) is 0 Å². The van der Waals surface area contributed by atoms with Crippen LogP contribution in [-0.2, 0) is 4.74 Å². The SMILES string of the molecule is CC1CN(CC(C)(C)C(N)c2ccccc2)CC(CO)O1. The number of nitrogens with zero attached hydrogens (tertiary/aromatic N) is 1. The van der Waals surface area contributed by atoms with Gasteiger partial charge in [-0.1, -0.05) is 44.2 Å². The standard InChI is InChI=1S/C17H28N2O2/c1-13-9-19(10-15(11-20)21-13)12-17(2,3)16(18)14-7-5-4-6-8-14/h4-8,13,15-16,20H,9-12,18H2,1-3H3. The Balaban J connectivity index is 2.02. The Morgan fingerprint density at radius 2 is 2.00 bits per heavy atom. The molecule has 1 aromatic carbocycles. The summed E-state index contributed by atoms with van der Waals surface area (Å²) in [4.78, 5) is 2.36. The van der Waals surface area contributed by atoms with Crippen molar-refractivity contribution in [1.82, 2.24) is 4.90 Å². The van der Waals surface area contributed by atoms with Crippen LogP contribution < -0.4 is 5.73 Å². The number of hydrogen-bond acceptors (Lipinski definition) is 4. The number of ether oxygens (including phenoxy) is 1. The third-order valence-corrected chi connectivity index (χ3v) is 4.24. The summed E-state index contributed by atoms with van der Waals surface area (Å²) in [6.07, 6.45) is 0.0668. The second-order valence-electron chi connectivity index (χ2n) is 6.82. The number of rotatable bonds is 5. The summed E-state index contributed by atoms with van der Waals surface area (Å²) in [5.74, 6) is 0. The average Bonchev–Trinajstić information content (AvgIpc) is 2.46. The van der Waals surface area contributed by atoms with Gasteiger partial charge < -0.3 is 15.6 Å². The van der Waals surface area contributed by atoms with Crippen LogP contribution in [0, 0.1) is 5.41 Å². The Morgan fingerprint density at radius 1 is 1.33 bits per heavy atom. The highest BCUT2D eigenvalue weighted by molar-refractivity contribution is 5.20. The number of hydrogen-bond donors (Lipinski definition) is 2. The van der Waals surface area contributed by atoms with Crippen molar-refractivity contribution in [2.24, 2.45) is 11.1 Å². The van der Waals surface area contributed by atoms with Crippen LogP contribution in [0.4, 0.5) is 0 Å². The number of nitrogens with two attached hydrogens (primary N) is 1. The fourth-order valence-electron chi connectivity index (χ4n) is 3.16. The van der Waals surface area contributed by atoms with E-state index in [-0.39, 0.29) is 30.3 Å². The predicted molar refractivity (Wildman–Crippen MR) is 85.0 cm³/mol. The first-order valence-electron chi connectivity index (χ1n) is 7.71. The van der Waals surface area contributed by atoms with Gasteiger partial charge in [0.2, 0.25) is 0 Å². The zero-order valence-corrected chi connectivity index (χ0v) is 13.3. The molecule has 1 aliphatic heterocycles. The monoisotopic (exact) mass is 292 g/mol. The van der Waals surface area contributed by atoms with Gasteiger partial charge in [-0.3, -0.25) is 4.90 Å². The number of aliphatic hydroxyl groups is 1. The molecule has 4 nitrogen and oxygen atoms in total. The minimum atomic E-state index is -0.0856. The van der Waals surface area contributed by atoms with Gasteiger partial charge in [0.15, 0.2) is 0 Å². The maximum Gasteiger partial charge on any atom is 0.0936 e. The molecule has 3 unspecified atom stereocenters. The minimum absolute atomic E-state index is 0.00979. The van der Waals surface area contributed by atoms with Crippen LogP contribution in [0.1, 0.15) is 32.4 Å². The molecule has 1 fully saturated rings. The van der Waals surface area contributed by atoms with E-state index in [9.17, 15) is 5.11 Å². The second kappa shape index (κ2) is 6.88. The van der Waals surface area contributed by atoms with Crippen molar-refractivity contribution in [3.05, 3.63) is 35.9 Å². The Bertz CT molecular complexity index is 436. The van der Waals surface area contributed by atoms with Crippen molar-refractivity contribution in [3.63, 3.8) is 0 Å². The molecule has 2 rings (SSSR count). The molecule has 3 N–H and O–H groups in total. The summed E-state index contributed by atoms with van der Waals surface area (Å²) < 4.78 is 5.70. The van der Waals surface area contributed by atoms with E-state index in [1.54, 1.807) is 0 Å². The van der Waals surface area contributed by atoms with E-state index in [0.717, 1.165) is 19.6 Å². The number of benzene rings is 1. The maximum atomic E-state index is 9.34. The largest absolute Gasteiger partial charge is 0.394 e. The third-order valence-electron chi connectivity index (χ3n) is 4.24. The minimum Gasteiger partial charge on any atom is -0.394 e. The molecule has 1 saturated heterocycles. The lowest BCUT2D eigenvalue weighted by atomic mass is 9.80. The van der Waals surface area contributed by atoms with Gasteiger partial charge in [0.1, 0.15) is 0 Å². The summed E-state index contributed by atoms with van der Waals surface area (Å²) in [5.41, 5.74) is 7.61. The molecule has 4 heteroatoms. The Kier molecular flexibility index (Phi) is 5.38. The molecule has 0 aliphatic carbocycles. The molecule has 118 valence electrons. The normalized spacial score (nSPS) is 25.8. The van der Waals surface area contributed by atoms with Crippen molar-refractivity contribution in [2.75, 3.05) is 26.2 Å². The molecule has 0 amide bonds. The van der Waals surface area contributed by atoms with Crippen LogP contribution in [0.5, 0.6) is 0 Å². The van der Waals surface area contributed by atoms with Crippen molar-refractivity contribution < 1.29 is 9.84 Å². The lowest BCUT2D eigenvalue weighted by Gasteiger charge is -2.42. The highest BCUT2D eigenvalue weighted by atomic mass is 16.5. The summed E-state index contributed by atoms with van der Waals surface area (Å²) in [6.45, 7) is 9.10. The smallest absolute Gasteiger partial charge is 0.0936 e. The zero-order valence-electron chi connectivity index (χ0n) is 13.3. The van der Waals surface area contributed by atoms with Crippen LogP contribution in [0.25, 0.3) is 0 Å². The van der Waals surface area contributed by atoms with Gasteiger partial charge >= 0.3 is 0 Å². The molecular weight excluding hydrogens is 264 g/mol. The fourth-order valence-corrected chi connectivity index (χ4v) is 3.16. The molecule has 0 radical (unpaired) electrons. The molecule has 21 heavy (non-hydrogen) atoms. The lowest BCUT2D eigenvalue weighted by molar-refractivity contribution is -0.102. The first-order valence-corrected chi connectivity index (χ1v) is 7.71. The van der Waals surface area contributed by atoms with Gasteiger partial charge in [0.05, 0.1) is 18.8 Å². The topological polar surface area (TPSA) is 58.7 Å². The summed E-state index contributed by atoms with van der Waals surface area (Å²) in [7, 11) is 0. The Morgan fingerprint density at radius 3 is 2.62 bits per heavy atom. The van der Waals surface area contributed by atoms with E-state index in [2.05, 4.69) is 37.8 Å². The third kappa shape index (κ3) is 4.27. The second-order valence-corrected chi connectivity index (χ2v) is 6.82. The Labute approximate surface area is 127 Å². The van der Waals surface area contributed by atoms with Gasteiger partial charge in [-0.05, 0) is 17.9 Å². The van der Waals surface area contributed by atoms with Crippen LogP contribution in [0.3, 0.4) is 0 Å². The van der Waals surface area contributed by atoms with Crippen molar-refractivity contribution >= 4 is 0 Å². The number of morpholine rings is 1. The molecule has 0 spiro atoms. The molecule has 0 bridgehead atoms. The molecule has 0 aromatic heterocycles. The van der Waals surface area contributed by atoms with Crippen LogP contribution >= 0.6 is 0 Å².